The molecule has 0 bridgehead atoms. The van der Waals surface area contributed by atoms with Gasteiger partial charge in [-0.25, -0.2) is 4.98 Å². The Morgan fingerprint density at radius 2 is 1.88 bits per heavy atom. The zero-order valence-corrected chi connectivity index (χ0v) is 13.5. The highest BCUT2D eigenvalue weighted by atomic mass is 16.1. The van der Waals surface area contributed by atoms with Crippen molar-refractivity contribution in [3.05, 3.63) is 66.0 Å². The van der Waals surface area contributed by atoms with E-state index >= 15 is 0 Å². The molecule has 1 atom stereocenters. The number of rotatable bonds is 4. The van der Waals surface area contributed by atoms with Crippen LogP contribution in [-0.2, 0) is 0 Å². The SMILES string of the molecule is CN(C)c1cccc(C(=O)C(C#N)c2cnc3ccccc3n2)c1. The summed E-state index contributed by atoms with van der Waals surface area (Å²) in [6.07, 6.45) is 1.50. The zero-order chi connectivity index (χ0) is 17.1. The zero-order valence-electron chi connectivity index (χ0n) is 13.5. The standard InChI is InChI=1S/C19H16N4O/c1-23(2)14-7-5-6-13(10-14)19(24)15(11-20)18-12-21-16-8-3-4-9-17(16)22-18/h3-10,12,15H,1-2H3. The van der Waals surface area contributed by atoms with Crippen molar-refractivity contribution in [2.24, 2.45) is 0 Å². The molecule has 0 saturated heterocycles. The van der Waals surface area contributed by atoms with Crippen LogP contribution in [0.2, 0.25) is 0 Å². The molecule has 0 amide bonds. The van der Waals surface area contributed by atoms with Gasteiger partial charge in [0.1, 0.15) is 0 Å². The predicted octanol–water partition coefficient (Wildman–Crippen LogP) is 3.19. The van der Waals surface area contributed by atoms with Gasteiger partial charge in [-0.3, -0.25) is 9.78 Å². The van der Waals surface area contributed by atoms with E-state index in [0.717, 1.165) is 11.2 Å². The molecule has 24 heavy (non-hydrogen) atoms. The molecule has 0 spiro atoms. The van der Waals surface area contributed by atoms with Crippen molar-refractivity contribution < 1.29 is 4.79 Å². The number of Topliss-reactive ketones (excluding diaryl/α,β-unsaturated/α-hetero) is 1. The molecule has 3 aromatic rings. The van der Waals surface area contributed by atoms with Gasteiger partial charge in [0.25, 0.3) is 0 Å². The highest BCUT2D eigenvalue weighted by Crippen LogP contribution is 2.22. The summed E-state index contributed by atoms with van der Waals surface area (Å²) in [6.45, 7) is 0. The second-order valence-corrected chi connectivity index (χ2v) is 5.65. The summed E-state index contributed by atoms with van der Waals surface area (Å²) in [5.41, 5.74) is 3.17. The van der Waals surface area contributed by atoms with Crippen LogP contribution in [0.3, 0.4) is 0 Å². The summed E-state index contributed by atoms with van der Waals surface area (Å²) in [7, 11) is 3.81. The van der Waals surface area contributed by atoms with Crippen molar-refractivity contribution in [2.45, 2.75) is 5.92 Å². The van der Waals surface area contributed by atoms with Gasteiger partial charge < -0.3 is 4.90 Å². The number of para-hydroxylation sites is 2. The van der Waals surface area contributed by atoms with Gasteiger partial charge >= 0.3 is 0 Å². The summed E-state index contributed by atoms with van der Waals surface area (Å²) >= 11 is 0. The molecule has 0 aliphatic carbocycles. The van der Waals surface area contributed by atoms with Crippen molar-refractivity contribution in [1.29, 1.82) is 5.26 Å². The molecule has 2 aromatic carbocycles. The number of fused-ring (bicyclic) bond motifs is 1. The molecule has 1 heterocycles. The minimum atomic E-state index is -0.973. The minimum absolute atomic E-state index is 0.272. The number of anilines is 1. The molecule has 0 saturated carbocycles. The lowest BCUT2D eigenvalue weighted by Gasteiger charge is -2.14. The van der Waals surface area contributed by atoms with E-state index < -0.39 is 5.92 Å². The van der Waals surface area contributed by atoms with Gasteiger partial charge in [-0.2, -0.15) is 5.26 Å². The van der Waals surface area contributed by atoms with Gasteiger partial charge in [0.15, 0.2) is 11.7 Å². The number of nitriles is 1. The summed E-state index contributed by atoms with van der Waals surface area (Å²) in [5.74, 6) is -1.25. The lowest BCUT2D eigenvalue weighted by atomic mass is 9.95. The van der Waals surface area contributed by atoms with E-state index in [1.54, 1.807) is 12.1 Å². The van der Waals surface area contributed by atoms with Crippen molar-refractivity contribution in [2.75, 3.05) is 19.0 Å². The maximum Gasteiger partial charge on any atom is 0.186 e. The van der Waals surface area contributed by atoms with E-state index in [0.29, 0.717) is 16.8 Å². The number of aromatic nitrogens is 2. The number of hydrogen-bond acceptors (Lipinski definition) is 5. The lowest BCUT2D eigenvalue weighted by molar-refractivity contribution is 0.0977. The third-order valence-electron chi connectivity index (χ3n) is 3.80. The van der Waals surface area contributed by atoms with Gasteiger partial charge in [0.05, 0.1) is 29.0 Å². The number of nitrogens with zero attached hydrogens (tertiary/aromatic N) is 4. The van der Waals surface area contributed by atoms with E-state index in [1.165, 1.54) is 6.20 Å². The third-order valence-corrected chi connectivity index (χ3v) is 3.80. The van der Waals surface area contributed by atoms with E-state index in [9.17, 15) is 10.1 Å². The highest BCUT2D eigenvalue weighted by Gasteiger charge is 2.24. The predicted molar refractivity (Wildman–Crippen MR) is 93.0 cm³/mol. The van der Waals surface area contributed by atoms with Gasteiger partial charge in [-0.15, -0.1) is 0 Å². The average Bonchev–Trinajstić information content (AvgIpc) is 2.62. The number of hydrogen-bond donors (Lipinski definition) is 0. The first kappa shape index (κ1) is 15.6. The summed E-state index contributed by atoms with van der Waals surface area (Å²) in [5, 5.41) is 9.51. The second kappa shape index (κ2) is 6.47. The van der Waals surface area contributed by atoms with Crippen molar-refractivity contribution in [3.63, 3.8) is 0 Å². The van der Waals surface area contributed by atoms with E-state index in [-0.39, 0.29) is 5.78 Å². The van der Waals surface area contributed by atoms with Crippen LogP contribution in [-0.4, -0.2) is 29.8 Å². The minimum Gasteiger partial charge on any atom is -0.378 e. The maximum absolute atomic E-state index is 12.8. The quantitative estimate of drug-likeness (QED) is 0.691. The summed E-state index contributed by atoms with van der Waals surface area (Å²) in [4.78, 5) is 23.4. The fourth-order valence-electron chi connectivity index (χ4n) is 2.47. The Morgan fingerprint density at radius 1 is 1.12 bits per heavy atom. The number of benzene rings is 2. The van der Waals surface area contributed by atoms with Crippen LogP contribution < -0.4 is 4.90 Å². The molecule has 5 heteroatoms. The molecular weight excluding hydrogens is 300 g/mol. The average molecular weight is 316 g/mol. The largest absolute Gasteiger partial charge is 0.378 e. The fraction of sp³-hybridized carbons (Fsp3) is 0.158. The smallest absolute Gasteiger partial charge is 0.186 e. The van der Waals surface area contributed by atoms with Gasteiger partial charge in [0, 0.05) is 25.3 Å². The Labute approximate surface area is 140 Å². The van der Waals surface area contributed by atoms with Crippen molar-refractivity contribution in [3.8, 4) is 6.07 Å². The highest BCUT2D eigenvalue weighted by molar-refractivity contribution is 6.03. The lowest BCUT2D eigenvalue weighted by Crippen LogP contribution is -2.15. The molecule has 1 aromatic heterocycles. The number of carbonyl (C=O) groups excluding carboxylic acids is 1. The monoisotopic (exact) mass is 316 g/mol. The Kier molecular flexibility index (Phi) is 4.21. The molecule has 3 rings (SSSR count). The Morgan fingerprint density at radius 3 is 2.58 bits per heavy atom. The maximum atomic E-state index is 12.8. The molecule has 0 N–H and O–H groups in total. The number of ketones is 1. The Balaban J connectivity index is 1.99. The first-order valence-electron chi connectivity index (χ1n) is 7.53. The molecule has 0 aliphatic heterocycles. The van der Waals surface area contributed by atoms with Crippen LogP contribution in [0.1, 0.15) is 22.0 Å². The van der Waals surface area contributed by atoms with Crippen LogP contribution in [0.15, 0.2) is 54.7 Å². The van der Waals surface area contributed by atoms with Crippen LogP contribution in [0.25, 0.3) is 11.0 Å². The van der Waals surface area contributed by atoms with E-state index in [4.69, 9.17) is 0 Å². The molecule has 118 valence electrons. The van der Waals surface area contributed by atoms with E-state index in [2.05, 4.69) is 16.0 Å². The third kappa shape index (κ3) is 2.95. The van der Waals surface area contributed by atoms with Gasteiger partial charge in [-0.1, -0.05) is 24.3 Å². The molecule has 1 unspecified atom stereocenters. The summed E-state index contributed by atoms with van der Waals surface area (Å²) < 4.78 is 0. The normalized spacial score (nSPS) is 11.7. The molecular formula is C19H16N4O. The first-order valence-corrected chi connectivity index (χ1v) is 7.53. The Hall–Kier alpha value is -3.26. The van der Waals surface area contributed by atoms with Crippen LogP contribution >= 0.6 is 0 Å². The first-order chi connectivity index (χ1) is 11.6. The molecule has 0 fully saturated rings. The van der Waals surface area contributed by atoms with Gasteiger partial charge in [0.2, 0.25) is 0 Å². The van der Waals surface area contributed by atoms with Gasteiger partial charge in [-0.05, 0) is 24.3 Å². The Bertz CT molecular complexity index is 943. The molecule has 5 nitrogen and oxygen atoms in total. The summed E-state index contributed by atoms with van der Waals surface area (Å²) in [6, 6.07) is 16.7. The molecule has 0 radical (unpaired) electrons. The van der Waals surface area contributed by atoms with Crippen molar-refractivity contribution >= 4 is 22.5 Å². The van der Waals surface area contributed by atoms with E-state index in [1.807, 2.05) is 55.4 Å². The van der Waals surface area contributed by atoms with Crippen LogP contribution in [0.5, 0.6) is 0 Å². The number of carbonyl (C=O) groups is 1. The molecule has 0 aliphatic rings. The van der Waals surface area contributed by atoms with Crippen LogP contribution in [0.4, 0.5) is 5.69 Å². The topological polar surface area (TPSA) is 69.9 Å². The second-order valence-electron chi connectivity index (χ2n) is 5.65. The van der Waals surface area contributed by atoms with Crippen molar-refractivity contribution in [1.82, 2.24) is 9.97 Å². The van der Waals surface area contributed by atoms with Crippen LogP contribution in [0, 0.1) is 11.3 Å². The fourth-order valence-corrected chi connectivity index (χ4v) is 2.47.